The van der Waals surface area contributed by atoms with Crippen molar-refractivity contribution >= 4 is 0 Å². The number of aryl methyl sites for hydroxylation is 1. The molecule has 120 valence electrons. The minimum Gasteiger partial charge on any atom is -0.489 e. The second kappa shape index (κ2) is 9.67. The quantitative estimate of drug-likeness (QED) is 0.662. The summed E-state index contributed by atoms with van der Waals surface area (Å²) in [5.74, 6) is 2.73. The van der Waals surface area contributed by atoms with Gasteiger partial charge in [0.15, 0.2) is 11.5 Å². The monoisotopic (exact) mass is 293 g/mol. The summed E-state index contributed by atoms with van der Waals surface area (Å²) >= 11 is 0. The minimum atomic E-state index is 0.504. The second-order valence-corrected chi connectivity index (χ2v) is 6.44. The molecule has 0 aliphatic rings. The van der Waals surface area contributed by atoms with Crippen LogP contribution in [0.5, 0.6) is 11.5 Å². The van der Waals surface area contributed by atoms with Crippen LogP contribution in [0.15, 0.2) is 18.2 Å². The number of unbranched alkanes of at least 4 members (excludes halogenated alkanes) is 1. The van der Waals surface area contributed by atoms with Crippen molar-refractivity contribution in [2.75, 3.05) is 19.8 Å². The van der Waals surface area contributed by atoms with Crippen molar-refractivity contribution in [2.24, 2.45) is 17.6 Å². The van der Waals surface area contributed by atoms with Gasteiger partial charge in [-0.25, -0.2) is 0 Å². The normalized spacial score (nSPS) is 11.2. The molecule has 1 aromatic rings. The van der Waals surface area contributed by atoms with Gasteiger partial charge in [0.25, 0.3) is 0 Å². The molecule has 2 N–H and O–H groups in total. The molecule has 0 unspecified atom stereocenters. The van der Waals surface area contributed by atoms with Gasteiger partial charge in [0, 0.05) is 0 Å². The van der Waals surface area contributed by atoms with Crippen molar-refractivity contribution in [3.8, 4) is 11.5 Å². The predicted molar refractivity (Wildman–Crippen MR) is 89.1 cm³/mol. The van der Waals surface area contributed by atoms with Gasteiger partial charge < -0.3 is 15.2 Å². The molecular formula is C18H31NO2. The number of benzene rings is 1. The summed E-state index contributed by atoms with van der Waals surface area (Å²) < 4.78 is 11.8. The van der Waals surface area contributed by atoms with Crippen LogP contribution in [-0.2, 0) is 6.42 Å². The van der Waals surface area contributed by atoms with Gasteiger partial charge in [-0.2, -0.15) is 0 Å². The highest BCUT2D eigenvalue weighted by Gasteiger charge is 2.09. The van der Waals surface area contributed by atoms with E-state index in [4.69, 9.17) is 15.2 Å². The van der Waals surface area contributed by atoms with Crippen LogP contribution in [0, 0.1) is 11.8 Å². The summed E-state index contributed by atoms with van der Waals surface area (Å²) in [7, 11) is 0. The molecule has 0 radical (unpaired) electrons. The number of rotatable bonds is 10. The fourth-order valence-corrected chi connectivity index (χ4v) is 1.93. The maximum absolute atomic E-state index is 5.93. The molecule has 0 aliphatic carbocycles. The molecule has 0 bridgehead atoms. The van der Waals surface area contributed by atoms with Crippen LogP contribution < -0.4 is 15.2 Å². The molecule has 0 fully saturated rings. The molecule has 0 atom stereocenters. The molecule has 0 aliphatic heterocycles. The molecule has 21 heavy (non-hydrogen) atoms. The van der Waals surface area contributed by atoms with E-state index in [1.54, 1.807) is 0 Å². The van der Waals surface area contributed by atoms with Crippen LogP contribution in [0.1, 0.15) is 46.1 Å². The summed E-state index contributed by atoms with van der Waals surface area (Å²) in [4.78, 5) is 0. The lowest BCUT2D eigenvalue weighted by atomic mass is 10.1. The van der Waals surface area contributed by atoms with Crippen molar-refractivity contribution in [1.29, 1.82) is 0 Å². The summed E-state index contributed by atoms with van der Waals surface area (Å²) in [6.45, 7) is 10.8. The molecule has 0 amide bonds. The molecular weight excluding hydrogens is 262 g/mol. The van der Waals surface area contributed by atoms with E-state index in [-0.39, 0.29) is 0 Å². The van der Waals surface area contributed by atoms with E-state index in [0.717, 1.165) is 37.3 Å². The Kier molecular flexibility index (Phi) is 8.21. The van der Waals surface area contributed by atoms with Gasteiger partial charge in [-0.05, 0) is 55.3 Å². The van der Waals surface area contributed by atoms with E-state index in [1.165, 1.54) is 5.56 Å². The summed E-state index contributed by atoms with van der Waals surface area (Å²) in [6, 6.07) is 6.29. The van der Waals surface area contributed by atoms with Gasteiger partial charge in [0.1, 0.15) is 0 Å². The van der Waals surface area contributed by atoms with Gasteiger partial charge >= 0.3 is 0 Å². The average Bonchev–Trinajstić information content (AvgIpc) is 2.44. The van der Waals surface area contributed by atoms with Crippen molar-refractivity contribution in [1.82, 2.24) is 0 Å². The first kappa shape index (κ1) is 17.8. The number of nitrogens with two attached hydrogens (primary N) is 1. The number of hydrogen-bond acceptors (Lipinski definition) is 3. The van der Waals surface area contributed by atoms with Crippen molar-refractivity contribution in [2.45, 2.75) is 47.0 Å². The Morgan fingerprint density at radius 2 is 1.52 bits per heavy atom. The third kappa shape index (κ3) is 7.37. The maximum Gasteiger partial charge on any atom is 0.161 e. The van der Waals surface area contributed by atoms with E-state index < -0.39 is 0 Å². The largest absolute Gasteiger partial charge is 0.489 e. The SMILES string of the molecule is CC(C)COc1ccc(CCCCN)cc1OCC(C)C. The Morgan fingerprint density at radius 3 is 2.10 bits per heavy atom. The van der Waals surface area contributed by atoms with Crippen molar-refractivity contribution in [3.63, 3.8) is 0 Å². The maximum atomic E-state index is 5.93. The van der Waals surface area contributed by atoms with Crippen molar-refractivity contribution < 1.29 is 9.47 Å². The van der Waals surface area contributed by atoms with Crippen LogP contribution in [0.3, 0.4) is 0 Å². The standard InChI is InChI=1S/C18H31NO2/c1-14(2)12-20-17-9-8-16(7-5-6-10-19)11-18(17)21-13-15(3)4/h8-9,11,14-15H,5-7,10,12-13,19H2,1-4H3. The lowest BCUT2D eigenvalue weighted by Crippen LogP contribution is -2.09. The lowest BCUT2D eigenvalue weighted by molar-refractivity contribution is 0.229. The lowest BCUT2D eigenvalue weighted by Gasteiger charge is -2.16. The molecule has 3 heteroatoms. The fraction of sp³-hybridized carbons (Fsp3) is 0.667. The molecule has 0 aromatic heterocycles. The van der Waals surface area contributed by atoms with Gasteiger partial charge in [-0.15, -0.1) is 0 Å². The van der Waals surface area contributed by atoms with Crippen LogP contribution in [0.2, 0.25) is 0 Å². The van der Waals surface area contributed by atoms with E-state index in [1.807, 2.05) is 6.07 Å². The summed E-state index contributed by atoms with van der Waals surface area (Å²) in [6.07, 6.45) is 3.22. The topological polar surface area (TPSA) is 44.5 Å². The molecule has 0 heterocycles. The molecule has 1 rings (SSSR count). The number of ether oxygens (including phenoxy) is 2. The van der Waals surface area contributed by atoms with Gasteiger partial charge in [-0.1, -0.05) is 33.8 Å². The number of hydrogen-bond donors (Lipinski definition) is 1. The zero-order chi connectivity index (χ0) is 15.7. The van der Waals surface area contributed by atoms with Crippen LogP contribution in [0.4, 0.5) is 0 Å². The first-order chi connectivity index (χ1) is 10.0. The molecule has 1 aromatic carbocycles. The van der Waals surface area contributed by atoms with Gasteiger partial charge in [0.05, 0.1) is 13.2 Å². The Hall–Kier alpha value is -1.22. The molecule has 0 spiro atoms. The summed E-state index contributed by atoms with van der Waals surface area (Å²) in [5.41, 5.74) is 6.84. The average molecular weight is 293 g/mol. The van der Waals surface area contributed by atoms with Crippen LogP contribution >= 0.6 is 0 Å². The molecule has 3 nitrogen and oxygen atoms in total. The minimum absolute atomic E-state index is 0.504. The molecule has 0 saturated carbocycles. The van der Waals surface area contributed by atoms with Crippen LogP contribution in [-0.4, -0.2) is 19.8 Å². The predicted octanol–water partition coefficient (Wildman–Crippen LogP) is 4.04. The van der Waals surface area contributed by atoms with Gasteiger partial charge in [0.2, 0.25) is 0 Å². The van der Waals surface area contributed by atoms with E-state index in [9.17, 15) is 0 Å². The molecule has 0 saturated heterocycles. The van der Waals surface area contributed by atoms with Crippen LogP contribution in [0.25, 0.3) is 0 Å². The van der Waals surface area contributed by atoms with E-state index in [2.05, 4.69) is 39.8 Å². The zero-order valence-corrected chi connectivity index (χ0v) is 14.0. The Bertz CT molecular complexity index is 402. The van der Waals surface area contributed by atoms with E-state index >= 15 is 0 Å². The highest BCUT2D eigenvalue weighted by atomic mass is 16.5. The van der Waals surface area contributed by atoms with Gasteiger partial charge in [-0.3, -0.25) is 0 Å². The smallest absolute Gasteiger partial charge is 0.161 e. The summed E-state index contributed by atoms with van der Waals surface area (Å²) in [5, 5.41) is 0. The Labute approximate surface area is 129 Å². The fourth-order valence-electron chi connectivity index (χ4n) is 1.93. The second-order valence-electron chi connectivity index (χ2n) is 6.44. The Morgan fingerprint density at radius 1 is 0.905 bits per heavy atom. The van der Waals surface area contributed by atoms with Crippen molar-refractivity contribution in [3.05, 3.63) is 23.8 Å². The third-order valence-corrected chi connectivity index (χ3v) is 3.07. The highest BCUT2D eigenvalue weighted by molar-refractivity contribution is 5.43. The first-order valence-corrected chi connectivity index (χ1v) is 8.11. The third-order valence-electron chi connectivity index (χ3n) is 3.07. The zero-order valence-electron chi connectivity index (χ0n) is 14.0. The Balaban J connectivity index is 2.75. The van der Waals surface area contributed by atoms with E-state index in [0.29, 0.717) is 25.0 Å². The highest BCUT2D eigenvalue weighted by Crippen LogP contribution is 2.30. The first-order valence-electron chi connectivity index (χ1n) is 8.11.